The third-order valence-corrected chi connectivity index (χ3v) is 4.85. The molecule has 0 saturated heterocycles. The molecule has 0 radical (unpaired) electrons. The fraction of sp³-hybridized carbons (Fsp3) is 0.471. The van der Waals surface area contributed by atoms with E-state index < -0.39 is 0 Å². The Kier molecular flexibility index (Phi) is 4.25. The predicted octanol–water partition coefficient (Wildman–Crippen LogP) is 5.38. The van der Waals surface area contributed by atoms with Crippen LogP contribution >= 0.6 is 15.9 Å². The van der Waals surface area contributed by atoms with Gasteiger partial charge in [-0.1, -0.05) is 31.4 Å². The number of rotatable bonds is 3. The molecule has 1 atom stereocenters. The first kappa shape index (κ1) is 13.9. The zero-order valence-electron chi connectivity index (χ0n) is 11.9. The summed E-state index contributed by atoms with van der Waals surface area (Å²) in [6.45, 7) is 2.31. The number of aromatic nitrogens is 1. The number of fused-ring (bicyclic) bond motifs is 1. The SMILES string of the molecule is CC(Nc1cccc2cc(Br)cnc12)C1CCCCC1. The van der Waals surface area contributed by atoms with Gasteiger partial charge in [0.15, 0.2) is 0 Å². The lowest BCUT2D eigenvalue weighted by Gasteiger charge is -2.29. The van der Waals surface area contributed by atoms with Gasteiger partial charge in [-0.25, -0.2) is 0 Å². The molecule has 1 N–H and O–H groups in total. The van der Waals surface area contributed by atoms with Crippen LogP contribution in [0, 0.1) is 5.92 Å². The van der Waals surface area contributed by atoms with Gasteiger partial charge in [0.2, 0.25) is 0 Å². The predicted molar refractivity (Wildman–Crippen MR) is 89.1 cm³/mol. The maximum Gasteiger partial charge on any atom is 0.0934 e. The molecule has 0 aliphatic heterocycles. The van der Waals surface area contributed by atoms with E-state index in [1.807, 2.05) is 6.20 Å². The first-order valence-corrected chi connectivity index (χ1v) is 8.34. The summed E-state index contributed by atoms with van der Waals surface area (Å²) in [5.41, 5.74) is 2.23. The van der Waals surface area contributed by atoms with Crippen LogP contribution in [0.1, 0.15) is 39.0 Å². The van der Waals surface area contributed by atoms with Gasteiger partial charge in [-0.2, -0.15) is 0 Å². The van der Waals surface area contributed by atoms with Crippen LogP contribution in [0.3, 0.4) is 0 Å². The number of pyridine rings is 1. The van der Waals surface area contributed by atoms with E-state index in [9.17, 15) is 0 Å². The number of anilines is 1. The fourth-order valence-electron chi connectivity index (χ4n) is 3.25. The van der Waals surface area contributed by atoms with Crippen molar-refractivity contribution >= 4 is 32.5 Å². The van der Waals surface area contributed by atoms with Gasteiger partial charge in [-0.15, -0.1) is 0 Å². The number of hydrogen-bond donors (Lipinski definition) is 1. The summed E-state index contributed by atoms with van der Waals surface area (Å²) in [6, 6.07) is 9.00. The number of para-hydroxylation sites is 1. The van der Waals surface area contributed by atoms with E-state index in [1.165, 1.54) is 37.5 Å². The Morgan fingerprint density at radius 2 is 2.05 bits per heavy atom. The Labute approximate surface area is 129 Å². The summed E-state index contributed by atoms with van der Waals surface area (Å²) < 4.78 is 1.03. The highest BCUT2D eigenvalue weighted by Gasteiger charge is 2.20. The van der Waals surface area contributed by atoms with Crippen molar-refractivity contribution in [2.75, 3.05) is 5.32 Å². The zero-order valence-corrected chi connectivity index (χ0v) is 13.5. The van der Waals surface area contributed by atoms with Crippen LogP contribution in [0.2, 0.25) is 0 Å². The summed E-state index contributed by atoms with van der Waals surface area (Å²) in [6.07, 6.45) is 8.77. The van der Waals surface area contributed by atoms with Gasteiger partial charge in [0, 0.05) is 22.1 Å². The van der Waals surface area contributed by atoms with E-state index in [2.05, 4.69) is 57.4 Å². The van der Waals surface area contributed by atoms with Gasteiger partial charge >= 0.3 is 0 Å². The van der Waals surface area contributed by atoms with Gasteiger partial charge in [-0.3, -0.25) is 4.98 Å². The Morgan fingerprint density at radius 1 is 1.25 bits per heavy atom. The number of benzene rings is 1. The van der Waals surface area contributed by atoms with Crippen LogP contribution in [-0.4, -0.2) is 11.0 Å². The largest absolute Gasteiger partial charge is 0.381 e. The molecule has 1 fully saturated rings. The summed E-state index contributed by atoms with van der Waals surface area (Å²) in [7, 11) is 0. The smallest absolute Gasteiger partial charge is 0.0934 e. The first-order chi connectivity index (χ1) is 9.74. The van der Waals surface area contributed by atoms with Crippen molar-refractivity contribution in [3.63, 3.8) is 0 Å². The molecule has 1 aliphatic rings. The molecular weight excluding hydrogens is 312 g/mol. The van der Waals surface area contributed by atoms with Crippen LogP contribution in [0.4, 0.5) is 5.69 Å². The lowest BCUT2D eigenvalue weighted by Crippen LogP contribution is -2.27. The van der Waals surface area contributed by atoms with Crippen LogP contribution in [0.15, 0.2) is 34.9 Å². The van der Waals surface area contributed by atoms with Gasteiger partial charge in [0.05, 0.1) is 11.2 Å². The standard InChI is InChI=1S/C17H21BrN2/c1-12(13-6-3-2-4-7-13)20-16-9-5-8-14-10-15(18)11-19-17(14)16/h5,8-13,20H,2-4,6-7H2,1H3. The fourth-order valence-corrected chi connectivity index (χ4v) is 3.60. The van der Waals surface area contributed by atoms with Crippen molar-refractivity contribution in [3.8, 4) is 0 Å². The normalized spacial score (nSPS) is 18.1. The second-order valence-electron chi connectivity index (χ2n) is 5.86. The first-order valence-electron chi connectivity index (χ1n) is 7.55. The quantitative estimate of drug-likeness (QED) is 0.816. The second kappa shape index (κ2) is 6.13. The minimum atomic E-state index is 0.520. The average molecular weight is 333 g/mol. The minimum Gasteiger partial charge on any atom is -0.381 e. The van der Waals surface area contributed by atoms with Gasteiger partial charge in [0.25, 0.3) is 0 Å². The Balaban J connectivity index is 1.83. The molecule has 1 heterocycles. The topological polar surface area (TPSA) is 24.9 Å². The molecule has 1 aromatic heterocycles. The maximum absolute atomic E-state index is 4.57. The molecule has 106 valence electrons. The van der Waals surface area contributed by atoms with Gasteiger partial charge in [-0.05, 0) is 53.7 Å². The third-order valence-electron chi connectivity index (χ3n) is 4.42. The lowest BCUT2D eigenvalue weighted by atomic mass is 9.84. The average Bonchev–Trinajstić information content (AvgIpc) is 2.48. The molecule has 0 spiro atoms. The molecule has 2 nitrogen and oxygen atoms in total. The van der Waals surface area contributed by atoms with Crippen LogP contribution in [0.5, 0.6) is 0 Å². The van der Waals surface area contributed by atoms with Crippen molar-refractivity contribution < 1.29 is 0 Å². The van der Waals surface area contributed by atoms with E-state index in [-0.39, 0.29) is 0 Å². The molecule has 20 heavy (non-hydrogen) atoms. The molecule has 2 aromatic rings. The number of hydrogen-bond acceptors (Lipinski definition) is 2. The van der Waals surface area contributed by atoms with Crippen molar-refractivity contribution in [2.45, 2.75) is 45.1 Å². The second-order valence-corrected chi connectivity index (χ2v) is 6.78. The molecule has 1 aliphatic carbocycles. The van der Waals surface area contributed by atoms with E-state index in [0.717, 1.165) is 21.6 Å². The Morgan fingerprint density at radius 3 is 2.85 bits per heavy atom. The molecule has 3 rings (SSSR count). The molecule has 1 saturated carbocycles. The van der Waals surface area contributed by atoms with Crippen molar-refractivity contribution in [1.29, 1.82) is 0 Å². The van der Waals surface area contributed by atoms with E-state index in [4.69, 9.17) is 0 Å². The number of nitrogens with zero attached hydrogens (tertiary/aromatic N) is 1. The molecule has 0 bridgehead atoms. The van der Waals surface area contributed by atoms with Crippen LogP contribution in [0.25, 0.3) is 10.9 Å². The molecule has 1 aromatic carbocycles. The Hall–Kier alpha value is -1.09. The summed E-state index contributed by atoms with van der Waals surface area (Å²) in [5, 5.41) is 4.88. The molecule has 3 heteroatoms. The lowest BCUT2D eigenvalue weighted by molar-refractivity contribution is 0.328. The summed E-state index contributed by atoms with van der Waals surface area (Å²) >= 11 is 3.49. The van der Waals surface area contributed by atoms with Crippen LogP contribution < -0.4 is 5.32 Å². The highest BCUT2D eigenvalue weighted by atomic mass is 79.9. The highest BCUT2D eigenvalue weighted by Crippen LogP contribution is 2.30. The molecular formula is C17H21BrN2. The summed E-state index contributed by atoms with van der Waals surface area (Å²) in [4.78, 5) is 4.57. The van der Waals surface area contributed by atoms with E-state index >= 15 is 0 Å². The molecule has 1 unspecified atom stereocenters. The van der Waals surface area contributed by atoms with Crippen molar-refractivity contribution in [2.24, 2.45) is 5.92 Å². The Bertz CT molecular complexity index is 591. The van der Waals surface area contributed by atoms with Crippen molar-refractivity contribution in [3.05, 3.63) is 34.9 Å². The van der Waals surface area contributed by atoms with Gasteiger partial charge in [0.1, 0.15) is 0 Å². The highest BCUT2D eigenvalue weighted by molar-refractivity contribution is 9.10. The van der Waals surface area contributed by atoms with Crippen molar-refractivity contribution in [1.82, 2.24) is 4.98 Å². The van der Waals surface area contributed by atoms with Gasteiger partial charge < -0.3 is 5.32 Å². The summed E-state index contributed by atoms with van der Waals surface area (Å²) in [5.74, 6) is 0.800. The maximum atomic E-state index is 4.57. The third kappa shape index (κ3) is 2.98. The molecule has 0 amide bonds. The van der Waals surface area contributed by atoms with E-state index in [1.54, 1.807) is 0 Å². The number of nitrogens with one attached hydrogen (secondary N) is 1. The monoisotopic (exact) mass is 332 g/mol. The zero-order chi connectivity index (χ0) is 13.9. The van der Waals surface area contributed by atoms with Crippen LogP contribution in [-0.2, 0) is 0 Å². The number of halogens is 1. The minimum absolute atomic E-state index is 0.520. The van der Waals surface area contributed by atoms with E-state index in [0.29, 0.717) is 6.04 Å².